The first-order valence-corrected chi connectivity index (χ1v) is 9.33. The molecule has 2 aromatic carbocycles. The van der Waals surface area contributed by atoms with E-state index in [2.05, 4.69) is 4.98 Å². The van der Waals surface area contributed by atoms with Crippen molar-refractivity contribution in [3.63, 3.8) is 0 Å². The first-order valence-electron chi connectivity index (χ1n) is 9.33. The summed E-state index contributed by atoms with van der Waals surface area (Å²) in [6, 6.07) is 15.8. The van der Waals surface area contributed by atoms with E-state index in [1.807, 2.05) is 66.9 Å². The Balaban J connectivity index is 2.00. The van der Waals surface area contributed by atoms with Crippen LogP contribution in [0.5, 0.6) is 0 Å². The Kier molecular flexibility index (Phi) is 4.47. The molecule has 0 aliphatic carbocycles. The molecule has 0 atom stereocenters. The lowest BCUT2D eigenvalue weighted by Crippen LogP contribution is -2.39. The number of hydrogen-bond donors (Lipinski definition) is 0. The van der Waals surface area contributed by atoms with Crippen LogP contribution in [0.2, 0.25) is 0 Å². The van der Waals surface area contributed by atoms with E-state index < -0.39 is 0 Å². The van der Waals surface area contributed by atoms with Crippen molar-refractivity contribution in [1.82, 2.24) is 18.7 Å². The molecule has 142 valence electrons. The predicted molar refractivity (Wildman–Crippen MR) is 110 cm³/mol. The van der Waals surface area contributed by atoms with Gasteiger partial charge in [0.05, 0.1) is 12.0 Å². The summed E-state index contributed by atoms with van der Waals surface area (Å²) in [5, 5.41) is 0. The van der Waals surface area contributed by atoms with Gasteiger partial charge in [-0.2, -0.15) is 0 Å². The number of hydrogen-bond acceptors (Lipinski definition) is 3. The average molecular weight is 374 g/mol. The van der Waals surface area contributed by atoms with E-state index in [4.69, 9.17) is 0 Å². The van der Waals surface area contributed by atoms with Crippen molar-refractivity contribution in [3.05, 3.63) is 92.4 Å². The summed E-state index contributed by atoms with van der Waals surface area (Å²) in [6.07, 6.45) is 1.64. The van der Waals surface area contributed by atoms with Crippen LogP contribution in [0.3, 0.4) is 0 Å². The van der Waals surface area contributed by atoms with Crippen molar-refractivity contribution in [2.24, 2.45) is 0 Å². The summed E-state index contributed by atoms with van der Waals surface area (Å²) in [5.41, 5.74) is 4.08. The van der Waals surface area contributed by atoms with Crippen LogP contribution in [0.4, 0.5) is 0 Å². The first kappa shape index (κ1) is 18.0. The summed E-state index contributed by atoms with van der Waals surface area (Å²) >= 11 is 0. The molecule has 0 amide bonds. The average Bonchev–Trinajstić information content (AvgIpc) is 3.09. The Morgan fingerprint density at radius 1 is 0.964 bits per heavy atom. The number of nitrogens with zero attached hydrogens (tertiary/aromatic N) is 4. The molecule has 28 heavy (non-hydrogen) atoms. The third kappa shape index (κ3) is 2.87. The number of fused-ring (bicyclic) bond motifs is 1. The van der Waals surface area contributed by atoms with Crippen molar-refractivity contribution in [2.75, 3.05) is 0 Å². The van der Waals surface area contributed by atoms with Gasteiger partial charge in [0.2, 0.25) is 0 Å². The molecule has 0 fully saturated rings. The van der Waals surface area contributed by atoms with Crippen molar-refractivity contribution < 1.29 is 0 Å². The van der Waals surface area contributed by atoms with Gasteiger partial charge in [0.25, 0.3) is 5.56 Å². The third-order valence-corrected chi connectivity index (χ3v) is 5.05. The summed E-state index contributed by atoms with van der Waals surface area (Å²) in [4.78, 5) is 30.6. The fourth-order valence-electron chi connectivity index (χ4n) is 3.50. The number of aromatic nitrogens is 4. The van der Waals surface area contributed by atoms with Crippen molar-refractivity contribution in [1.29, 1.82) is 0 Å². The normalized spacial score (nSPS) is 11.2. The molecule has 0 saturated carbocycles. The molecule has 4 aromatic rings. The van der Waals surface area contributed by atoms with Gasteiger partial charge < -0.3 is 4.57 Å². The predicted octanol–water partition coefficient (Wildman–Crippen LogP) is 3.03. The van der Waals surface area contributed by atoms with Gasteiger partial charge in [0, 0.05) is 13.1 Å². The molecule has 0 aliphatic heterocycles. The van der Waals surface area contributed by atoms with E-state index in [1.54, 1.807) is 17.8 Å². The molecule has 6 heteroatoms. The number of rotatable bonds is 4. The van der Waals surface area contributed by atoms with Crippen LogP contribution in [0.25, 0.3) is 16.9 Å². The Morgan fingerprint density at radius 2 is 1.68 bits per heavy atom. The molecule has 0 spiro atoms. The standard InChI is InChI=1S/C22H22N4O2/c1-4-25-21(27)19-20(26(22(25)28)18-8-6-5-7-16(18)3)23-14-24(19)13-17-11-9-15(2)10-12-17/h5-12,14H,4,13H2,1-3H3. The summed E-state index contributed by atoms with van der Waals surface area (Å²) in [6.45, 7) is 6.60. The minimum atomic E-state index is -0.366. The zero-order chi connectivity index (χ0) is 19.8. The van der Waals surface area contributed by atoms with Gasteiger partial charge >= 0.3 is 5.69 Å². The molecule has 0 unspecified atom stereocenters. The van der Waals surface area contributed by atoms with Crippen LogP contribution in [-0.4, -0.2) is 18.7 Å². The summed E-state index contributed by atoms with van der Waals surface area (Å²) < 4.78 is 4.63. The Labute approximate surface area is 162 Å². The van der Waals surface area contributed by atoms with E-state index in [0.29, 0.717) is 24.3 Å². The van der Waals surface area contributed by atoms with Crippen LogP contribution < -0.4 is 11.2 Å². The van der Waals surface area contributed by atoms with E-state index in [0.717, 1.165) is 16.8 Å². The molecule has 0 aliphatic rings. The molecule has 0 bridgehead atoms. The van der Waals surface area contributed by atoms with Gasteiger partial charge in [-0.25, -0.2) is 14.3 Å². The quantitative estimate of drug-likeness (QED) is 0.552. The Morgan fingerprint density at radius 3 is 2.36 bits per heavy atom. The Hall–Kier alpha value is -3.41. The molecule has 6 nitrogen and oxygen atoms in total. The van der Waals surface area contributed by atoms with Gasteiger partial charge in [-0.15, -0.1) is 0 Å². The third-order valence-electron chi connectivity index (χ3n) is 5.05. The monoisotopic (exact) mass is 374 g/mol. The van der Waals surface area contributed by atoms with Crippen molar-refractivity contribution in [2.45, 2.75) is 33.9 Å². The van der Waals surface area contributed by atoms with E-state index in [-0.39, 0.29) is 11.2 Å². The van der Waals surface area contributed by atoms with Crippen LogP contribution >= 0.6 is 0 Å². The Bertz CT molecular complexity index is 1280. The zero-order valence-corrected chi connectivity index (χ0v) is 16.2. The van der Waals surface area contributed by atoms with E-state index in [9.17, 15) is 9.59 Å². The number of benzene rings is 2. The lowest BCUT2D eigenvalue weighted by molar-refractivity contribution is 0.654. The minimum absolute atomic E-state index is 0.301. The van der Waals surface area contributed by atoms with Gasteiger partial charge in [0.15, 0.2) is 11.2 Å². The first-order chi connectivity index (χ1) is 13.5. The van der Waals surface area contributed by atoms with Crippen LogP contribution in [0.15, 0.2) is 64.4 Å². The second-order valence-corrected chi connectivity index (χ2v) is 6.98. The smallest absolute Gasteiger partial charge is 0.320 e. The number of imidazole rings is 1. The topological polar surface area (TPSA) is 61.8 Å². The van der Waals surface area contributed by atoms with E-state index >= 15 is 0 Å². The van der Waals surface area contributed by atoms with Crippen molar-refractivity contribution in [3.8, 4) is 5.69 Å². The summed E-state index contributed by atoms with van der Waals surface area (Å²) in [7, 11) is 0. The lowest BCUT2D eigenvalue weighted by Gasteiger charge is -2.13. The number of aryl methyl sites for hydroxylation is 2. The second-order valence-electron chi connectivity index (χ2n) is 6.98. The largest absolute Gasteiger partial charge is 0.337 e. The SMILES string of the molecule is CCn1c(=O)c2c(ncn2Cc2ccc(C)cc2)n(-c2ccccc2C)c1=O. The summed E-state index contributed by atoms with van der Waals surface area (Å²) in [5.74, 6) is 0. The highest BCUT2D eigenvalue weighted by molar-refractivity contribution is 5.73. The molecule has 4 rings (SSSR count). The minimum Gasteiger partial charge on any atom is -0.320 e. The van der Waals surface area contributed by atoms with Gasteiger partial charge in [-0.05, 0) is 38.0 Å². The van der Waals surface area contributed by atoms with Crippen molar-refractivity contribution >= 4 is 11.2 Å². The fourth-order valence-corrected chi connectivity index (χ4v) is 3.50. The maximum atomic E-state index is 13.1. The molecule has 0 N–H and O–H groups in total. The highest BCUT2D eigenvalue weighted by Crippen LogP contribution is 2.17. The molecular weight excluding hydrogens is 352 g/mol. The highest BCUT2D eigenvalue weighted by Gasteiger charge is 2.19. The second kappa shape index (κ2) is 6.96. The maximum Gasteiger partial charge on any atom is 0.337 e. The van der Waals surface area contributed by atoms with E-state index in [1.165, 1.54) is 10.1 Å². The zero-order valence-electron chi connectivity index (χ0n) is 16.2. The van der Waals surface area contributed by atoms with Gasteiger partial charge in [-0.3, -0.25) is 9.36 Å². The molecular formula is C22H22N4O2. The van der Waals surface area contributed by atoms with Crippen LogP contribution in [0, 0.1) is 13.8 Å². The van der Waals surface area contributed by atoms with Crippen LogP contribution in [-0.2, 0) is 13.1 Å². The van der Waals surface area contributed by atoms with Crippen LogP contribution in [0.1, 0.15) is 23.6 Å². The molecule has 0 saturated heterocycles. The molecule has 0 radical (unpaired) electrons. The lowest BCUT2D eigenvalue weighted by atomic mass is 10.1. The highest BCUT2D eigenvalue weighted by atomic mass is 16.2. The number of para-hydroxylation sites is 1. The maximum absolute atomic E-state index is 13.1. The van der Waals surface area contributed by atoms with Gasteiger partial charge in [0.1, 0.15) is 0 Å². The molecule has 2 heterocycles. The van der Waals surface area contributed by atoms with Gasteiger partial charge in [-0.1, -0.05) is 48.0 Å². The fraction of sp³-hybridized carbons (Fsp3) is 0.227. The molecule has 2 aromatic heterocycles.